The van der Waals surface area contributed by atoms with Crippen LogP contribution in [0.5, 0.6) is 6.01 Å². The summed E-state index contributed by atoms with van der Waals surface area (Å²) in [5.74, 6) is -1.11. The van der Waals surface area contributed by atoms with Crippen LogP contribution in [0.4, 0.5) is 19.4 Å². The van der Waals surface area contributed by atoms with Crippen molar-refractivity contribution >= 4 is 22.8 Å². The highest BCUT2D eigenvalue weighted by Crippen LogP contribution is 2.43. The first-order valence-corrected chi connectivity index (χ1v) is 14.0. The maximum atomic E-state index is 16.2. The fourth-order valence-electron chi connectivity index (χ4n) is 6.09. The average molecular weight is 580 g/mol. The van der Waals surface area contributed by atoms with Gasteiger partial charge in [-0.1, -0.05) is 32.9 Å². The van der Waals surface area contributed by atoms with Gasteiger partial charge in [0.25, 0.3) is 0 Å². The third-order valence-corrected chi connectivity index (χ3v) is 8.71. The Bertz CT molecular complexity index is 1540. The molecule has 12 heteroatoms. The van der Waals surface area contributed by atoms with Gasteiger partial charge in [-0.05, 0) is 44.0 Å². The van der Waals surface area contributed by atoms with Gasteiger partial charge < -0.3 is 19.6 Å². The molecule has 0 bridgehead atoms. The Morgan fingerprint density at radius 1 is 1.21 bits per heavy atom. The zero-order chi connectivity index (χ0) is 30.2. The number of hydrogen-bond donors (Lipinski definition) is 1. The first-order chi connectivity index (χ1) is 20.0. The molecule has 1 aromatic carbocycles. The Hall–Kier alpha value is -4.11. The Balaban J connectivity index is 1.64. The molecule has 0 aliphatic carbocycles. The lowest BCUT2D eigenvalue weighted by Gasteiger charge is -2.55. The van der Waals surface area contributed by atoms with Crippen LogP contribution in [0.1, 0.15) is 40.0 Å². The second-order valence-electron chi connectivity index (χ2n) is 12.1. The highest BCUT2D eigenvalue weighted by atomic mass is 19.1. The summed E-state index contributed by atoms with van der Waals surface area (Å²) in [4.78, 5) is 31.1. The standard InChI is InChI=1S/C30H35F2N7O3/c1-29(2,3)30(11-12-33)18-38(14-15-39(30)28(40)41)26-21-16-34-24(20-9-5-6-10-22(20)31)23(32)25(21)35-27(36-26)42-17-19-8-7-13-37(19)4/h5-6,9-10,16,19H,7-8,11,13-15,17-18H2,1-4H3,(H,40,41)/t19-,30+/m0/s1. The van der Waals surface area contributed by atoms with Crippen LogP contribution < -0.4 is 9.64 Å². The zero-order valence-electron chi connectivity index (χ0n) is 24.3. The van der Waals surface area contributed by atoms with Crippen molar-refractivity contribution in [1.82, 2.24) is 24.8 Å². The number of rotatable bonds is 6. The molecule has 1 amide bonds. The summed E-state index contributed by atoms with van der Waals surface area (Å²) in [5, 5.41) is 20.2. The van der Waals surface area contributed by atoms with Crippen LogP contribution in [-0.4, -0.2) is 87.4 Å². The maximum absolute atomic E-state index is 16.2. The van der Waals surface area contributed by atoms with Crippen LogP contribution in [0.3, 0.4) is 0 Å². The Morgan fingerprint density at radius 3 is 2.62 bits per heavy atom. The molecule has 4 heterocycles. The number of ether oxygens (including phenoxy) is 1. The van der Waals surface area contributed by atoms with Gasteiger partial charge in [0.05, 0.1) is 23.4 Å². The Morgan fingerprint density at radius 2 is 1.98 bits per heavy atom. The molecule has 2 atom stereocenters. The van der Waals surface area contributed by atoms with Crippen LogP contribution >= 0.6 is 0 Å². The molecule has 3 aromatic rings. The Kier molecular flexibility index (Phi) is 7.90. The number of carboxylic acid groups (broad SMARTS) is 1. The quantitative estimate of drug-likeness (QED) is 0.433. The minimum atomic E-state index is -1.11. The van der Waals surface area contributed by atoms with Crippen molar-refractivity contribution in [3.05, 3.63) is 42.1 Å². The van der Waals surface area contributed by atoms with E-state index in [1.165, 1.54) is 29.3 Å². The van der Waals surface area contributed by atoms with Gasteiger partial charge in [-0.2, -0.15) is 15.2 Å². The monoisotopic (exact) mass is 579 g/mol. The van der Waals surface area contributed by atoms with E-state index in [9.17, 15) is 19.6 Å². The number of nitriles is 1. The smallest absolute Gasteiger partial charge is 0.407 e. The van der Waals surface area contributed by atoms with E-state index in [-0.39, 0.29) is 60.3 Å². The summed E-state index contributed by atoms with van der Waals surface area (Å²) in [6.07, 6.45) is 2.24. The fraction of sp³-hybridized carbons (Fsp3) is 0.500. The zero-order valence-corrected chi connectivity index (χ0v) is 24.3. The molecule has 2 saturated heterocycles. The molecule has 222 valence electrons. The van der Waals surface area contributed by atoms with E-state index < -0.39 is 28.7 Å². The number of aromatic nitrogens is 3. The predicted molar refractivity (Wildman–Crippen MR) is 153 cm³/mol. The van der Waals surface area contributed by atoms with Crippen LogP contribution in [0.25, 0.3) is 22.2 Å². The minimum Gasteiger partial charge on any atom is -0.465 e. The van der Waals surface area contributed by atoms with Gasteiger partial charge in [0, 0.05) is 37.4 Å². The van der Waals surface area contributed by atoms with Gasteiger partial charge in [0.2, 0.25) is 0 Å². The molecule has 42 heavy (non-hydrogen) atoms. The number of anilines is 1. The van der Waals surface area contributed by atoms with Gasteiger partial charge in [0.1, 0.15) is 29.5 Å². The molecule has 0 unspecified atom stereocenters. The van der Waals surface area contributed by atoms with E-state index in [0.717, 1.165) is 19.4 Å². The number of likely N-dealkylation sites (N-methyl/N-ethyl adjacent to an activating group) is 1. The molecule has 2 fully saturated rings. The summed E-state index contributed by atoms with van der Waals surface area (Å²) in [6.45, 7) is 7.43. The molecule has 2 aromatic heterocycles. The lowest BCUT2D eigenvalue weighted by atomic mass is 9.69. The van der Waals surface area contributed by atoms with Crippen molar-refractivity contribution in [1.29, 1.82) is 5.26 Å². The molecule has 0 saturated carbocycles. The van der Waals surface area contributed by atoms with Gasteiger partial charge >= 0.3 is 12.1 Å². The Labute approximate surface area is 243 Å². The second-order valence-corrected chi connectivity index (χ2v) is 12.1. The third-order valence-electron chi connectivity index (χ3n) is 8.71. The van der Waals surface area contributed by atoms with Gasteiger partial charge in [-0.15, -0.1) is 0 Å². The number of piperazine rings is 1. The first kappa shape index (κ1) is 29.4. The minimum absolute atomic E-state index is 0.00273. The summed E-state index contributed by atoms with van der Waals surface area (Å²) < 4.78 is 36.9. The summed E-state index contributed by atoms with van der Waals surface area (Å²) in [7, 11) is 2.02. The molecular formula is C30H35F2N7O3. The molecule has 2 aliphatic rings. The van der Waals surface area contributed by atoms with E-state index >= 15 is 4.39 Å². The molecule has 10 nitrogen and oxygen atoms in total. The van der Waals surface area contributed by atoms with E-state index in [4.69, 9.17) is 9.72 Å². The first-order valence-electron chi connectivity index (χ1n) is 14.0. The van der Waals surface area contributed by atoms with Gasteiger partial charge in [-0.25, -0.2) is 13.6 Å². The molecule has 5 rings (SSSR count). The van der Waals surface area contributed by atoms with E-state index in [1.807, 2.05) is 32.7 Å². The number of benzene rings is 1. The van der Waals surface area contributed by atoms with Crippen molar-refractivity contribution in [3.8, 4) is 23.3 Å². The van der Waals surface area contributed by atoms with E-state index in [2.05, 4.69) is 20.9 Å². The number of hydrogen-bond acceptors (Lipinski definition) is 8. The third kappa shape index (κ3) is 5.17. The number of carbonyl (C=O) groups is 1. The summed E-state index contributed by atoms with van der Waals surface area (Å²) in [6, 6.07) is 8.12. The molecule has 1 N–H and O–H groups in total. The number of nitrogens with zero attached hydrogens (tertiary/aromatic N) is 7. The van der Waals surface area contributed by atoms with E-state index in [0.29, 0.717) is 12.4 Å². The average Bonchev–Trinajstić information content (AvgIpc) is 3.36. The van der Waals surface area contributed by atoms with Crippen molar-refractivity contribution in [2.75, 3.05) is 44.7 Å². The van der Waals surface area contributed by atoms with Crippen LogP contribution in [0, 0.1) is 28.4 Å². The predicted octanol–water partition coefficient (Wildman–Crippen LogP) is 4.94. The highest BCUT2D eigenvalue weighted by Gasteiger charge is 2.52. The molecular weight excluding hydrogens is 544 g/mol. The van der Waals surface area contributed by atoms with Gasteiger partial charge in [0.15, 0.2) is 5.82 Å². The number of pyridine rings is 1. The maximum Gasteiger partial charge on any atom is 0.407 e. The van der Waals surface area contributed by atoms with Crippen molar-refractivity contribution in [3.63, 3.8) is 0 Å². The van der Waals surface area contributed by atoms with Gasteiger partial charge in [-0.3, -0.25) is 9.88 Å². The van der Waals surface area contributed by atoms with Crippen LogP contribution in [-0.2, 0) is 0 Å². The number of fused-ring (bicyclic) bond motifs is 1. The second kappa shape index (κ2) is 11.3. The number of likely N-dealkylation sites (tertiary alicyclic amines) is 1. The number of amides is 1. The molecule has 0 spiro atoms. The lowest BCUT2D eigenvalue weighted by molar-refractivity contribution is -0.00278. The van der Waals surface area contributed by atoms with E-state index in [1.54, 1.807) is 6.07 Å². The fourth-order valence-corrected chi connectivity index (χ4v) is 6.09. The molecule has 2 aliphatic heterocycles. The van der Waals surface area contributed by atoms with Crippen molar-refractivity contribution in [2.24, 2.45) is 5.41 Å². The topological polar surface area (TPSA) is 119 Å². The summed E-state index contributed by atoms with van der Waals surface area (Å²) >= 11 is 0. The number of halogens is 2. The lowest BCUT2D eigenvalue weighted by Crippen LogP contribution is -2.69. The largest absolute Gasteiger partial charge is 0.465 e. The highest BCUT2D eigenvalue weighted by molar-refractivity contribution is 5.92. The van der Waals surface area contributed by atoms with Crippen molar-refractivity contribution in [2.45, 2.75) is 51.6 Å². The van der Waals surface area contributed by atoms with Crippen LogP contribution in [0.2, 0.25) is 0 Å². The van der Waals surface area contributed by atoms with Crippen LogP contribution in [0.15, 0.2) is 30.5 Å². The SMILES string of the molecule is CN1CCC[C@H]1COc1nc(N2CCN(C(=O)O)[C@@](CC#N)(C(C)(C)C)C2)c2cnc(-c3ccccc3F)c(F)c2n1. The summed E-state index contributed by atoms with van der Waals surface area (Å²) in [5.41, 5.74) is -1.98. The molecule has 0 radical (unpaired) electrons. The normalized spacial score (nSPS) is 21.5. The van der Waals surface area contributed by atoms with Crippen molar-refractivity contribution < 1.29 is 23.4 Å².